The van der Waals surface area contributed by atoms with Crippen LogP contribution in [0.25, 0.3) is 0 Å². The minimum atomic E-state index is -0.597. The van der Waals surface area contributed by atoms with Gasteiger partial charge < -0.3 is 14.7 Å². The van der Waals surface area contributed by atoms with E-state index in [-0.39, 0.29) is 29.9 Å². The number of rotatable bonds is 4. The smallest absolute Gasteiger partial charge is 0.312 e. The zero-order chi connectivity index (χ0) is 22.0. The van der Waals surface area contributed by atoms with Gasteiger partial charge in [0.1, 0.15) is 11.6 Å². The van der Waals surface area contributed by atoms with Gasteiger partial charge in [-0.05, 0) is 42.7 Å². The molecule has 162 valence electrons. The second-order valence-corrected chi connectivity index (χ2v) is 7.86. The fraction of sp³-hybridized carbons (Fsp3) is 0.348. The van der Waals surface area contributed by atoms with Crippen LogP contribution in [0.15, 0.2) is 48.5 Å². The summed E-state index contributed by atoms with van der Waals surface area (Å²) in [5.74, 6) is -2.46. The topological polar surface area (TPSA) is 60.9 Å². The van der Waals surface area contributed by atoms with Gasteiger partial charge >= 0.3 is 11.8 Å². The highest BCUT2D eigenvalue weighted by molar-refractivity contribution is 6.35. The molecule has 31 heavy (non-hydrogen) atoms. The average molecular weight is 427 g/mol. The predicted molar refractivity (Wildman–Crippen MR) is 109 cm³/mol. The van der Waals surface area contributed by atoms with Crippen molar-refractivity contribution in [1.29, 1.82) is 0 Å². The van der Waals surface area contributed by atoms with Crippen LogP contribution in [0.4, 0.5) is 8.78 Å². The standard InChI is InChI=1S/C23H23F2N3O3/c24-17-5-3-4-16(14-17)15-27-12-13-28(23(31)22(27)30)18-8-10-26(11-9-18)21(29)19-6-1-2-7-20(19)25/h1-7,14,18H,8-13,15H2. The summed E-state index contributed by atoms with van der Waals surface area (Å²) < 4.78 is 27.3. The molecule has 0 unspecified atom stereocenters. The van der Waals surface area contributed by atoms with Gasteiger partial charge in [-0.3, -0.25) is 14.4 Å². The number of hydrogen-bond donors (Lipinski definition) is 0. The van der Waals surface area contributed by atoms with E-state index in [0.29, 0.717) is 44.6 Å². The van der Waals surface area contributed by atoms with Gasteiger partial charge in [0, 0.05) is 38.8 Å². The quantitative estimate of drug-likeness (QED) is 0.705. The lowest BCUT2D eigenvalue weighted by atomic mass is 10.0. The second-order valence-electron chi connectivity index (χ2n) is 7.86. The summed E-state index contributed by atoms with van der Waals surface area (Å²) in [5.41, 5.74) is 0.674. The molecule has 0 atom stereocenters. The molecule has 2 aromatic rings. The van der Waals surface area contributed by atoms with Crippen LogP contribution >= 0.6 is 0 Å². The SMILES string of the molecule is O=C1C(=O)N(C2CCN(C(=O)c3ccccc3F)CC2)CCN1Cc1cccc(F)c1. The molecule has 0 bridgehead atoms. The zero-order valence-electron chi connectivity index (χ0n) is 17.0. The van der Waals surface area contributed by atoms with Crippen molar-refractivity contribution in [2.75, 3.05) is 26.2 Å². The number of amides is 3. The first-order valence-corrected chi connectivity index (χ1v) is 10.3. The van der Waals surface area contributed by atoms with Gasteiger partial charge in [-0.2, -0.15) is 0 Å². The number of halogens is 2. The normalized spacial score (nSPS) is 17.9. The van der Waals surface area contributed by atoms with E-state index in [9.17, 15) is 23.2 Å². The largest absolute Gasteiger partial charge is 0.338 e. The number of piperazine rings is 1. The van der Waals surface area contributed by atoms with Crippen LogP contribution in [0.2, 0.25) is 0 Å². The number of nitrogens with zero attached hydrogens (tertiary/aromatic N) is 3. The van der Waals surface area contributed by atoms with Crippen molar-refractivity contribution in [3.63, 3.8) is 0 Å². The Balaban J connectivity index is 1.34. The zero-order valence-corrected chi connectivity index (χ0v) is 17.0. The maximum absolute atomic E-state index is 13.9. The molecule has 0 aliphatic carbocycles. The summed E-state index contributed by atoms with van der Waals surface area (Å²) in [6.07, 6.45) is 1.06. The fourth-order valence-electron chi connectivity index (χ4n) is 4.23. The van der Waals surface area contributed by atoms with Crippen molar-refractivity contribution < 1.29 is 23.2 Å². The van der Waals surface area contributed by atoms with Crippen LogP contribution in [-0.2, 0) is 16.1 Å². The Labute approximate surface area is 179 Å². The van der Waals surface area contributed by atoms with Gasteiger partial charge in [-0.1, -0.05) is 24.3 Å². The van der Waals surface area contributed by atoms with E-state index in [1.807, 2.05) is 0 Å². The number of carbonyl (C=O) groups excluding carboxylic acids is 3. The molecule has 2 aliphatic heterocycles. The molecule has 2 heterocycles. The molecule has 0 N–H and O–H groups in total. The molecule has 2 aromatic carbocycles. The lowest BCUT2D eigenvalue weighted by molar-refractivity contribution is -0.158. The Morgan fingerprint density at radius 2 is 1.65 bits per heavy atom. The van der Waals surface area contributed by atoms with E-state index in [2.05, 4.69) is 0 Å². The van der Waals surface area contributed by atoms with Gasteiger partial charge in [0.25, 0.3) is 5.91 Å². The Morgan fingerprint density at radius 1 is 0.903 bits per heavy atom. The summed E-state index contributed by atoms with van der Waals surface area (Å²) in [7, 11) is 0. The lowest BCUT2D eigenvalue weighted by Crippen LogP contribution is -2.59. The maximum atomic E-state index is 13.9. The molecular formula is C23H23F2N3O3. The molecule has 0 aromatic heterocycles. The number of likely N-dealkylation sites (tertiary alicyclic amines) is 1. The molecule has 2 aliphatic rings. The minimum absolute atomic E-state index is 0.0400. The minimum Gasteiger partial charge on any atom is -0.338 e. The Morgan fingerprint density at radius 3 is 2.35 bits per heavy atom. The monoisotopic (exact) mass is 427 g/mol. The first-order chi connectivity index (χ1) is 14.9. The van der Waals surface area contributed by atoms with E-state index in [1.54, 1.807) is 28.0 Å². The second kappa shape index (κ2) is 8.83. The fourth-order valence-corrected chi connectivity index (χ4v) is 4.23. The summed E-state index contributed by atoms with van der Waals surface area (Å²) in [4.78, 5) is 42.5. The Kier molecular flexibility index (Phi) is 5.97. The first-order valence-electron chi connectivity index (χ1n) is 10.3. The van der Waals surface area contributed by atoms with Crippen molar-refractivity contribution in [2.24, 2.45) is 0 Å². The van der Waals surface area contributed by atoms with Gasteiger partial charge in [-0.15, -0.1) is 0 Å². The van der Waals surface area contributed by atoms with Gasteiger partial charge in [0.05, 0.1) is 5.56 Å². The van der Waals surface area contributed by atoms with Crippen molar-refractivity contribution in [2.45, 2.75) is 25.4 Å². The maximum Gasteiger partial charge on any atom is 0.312 e. The van der Waals surface area contributed by atoms with Crippen molar-refractivity contribution in [3.05, 3.63) is 71.3 Å². The summed E-state index contributed by atoms with van der Waals surface area (Å²) in [6.45, 7) is 1.73. The molecule has 8 heteroatoms. The summed E-state index contributed by atoms with van der Waals surface area (Å²) >= 11 is 0. The Bertz CT molecular complexity index is 1010. The van der Waals surface area contributed by atoms with Crippen molar-refractivity contribution in [3.8, 4) is 0 Å². The first kappa shape index (κ1) is 21.0. The molecule has 2 fully saturated rings. The van der Waals surface area contributed by atoms with Crippen LogP contribution < -0.4 is 0 Å². The highest BCUT2D eigenvalue weighted by atomic mass is 19.1. The molecule has 2 saturated heterocycles. The van der Waals surface area contributed by atoms with Crippen molar-refractivity contribution in [1.82, 2.24) is 14.7 Å². The van der Waals surface area contributed by atoms with Crippen LogP contribution in [-0.4, -0.2) is 64.6 Å². The molecule has 6 nitrogen and oxygen atoms in total. The molecule has 0 spiro atoms. The molecule has 3 amide bonds. The Hall–Kier alpha value is -3.29. The van der Waals surface area contributed by atoms with E-state index in [4.69, 9.17) is 0 Å². The summed E-state index contributed by atoms with van der Waals surface area (Å²) in [6, 6.07) is 11.7. The van der Waals surface area contributed by atoms with E-state index in [1.165, 1.54) is 35.2 Å². The molecule has 0 saturated carbocycles. The number of piperidine rings is 1. The average Bonchev–Trinajstić information content (AvgIpc) is 2.77. The molecule has 4 rings (SSSR count). The van der Waals surface area contributed by atoms with Crippen LogP contribution in [0, 0.1) is 11.6 Å². The van der Waals surface area contributed by atoms with Crippen molar-refractivity contribution >= 4 is 17.7 Å². The third-order valence-corrected chi connectivity index (χ3v) is 5.90. The van der Waals surface area contributed by atoms with E-state index in [0.717, 1.165) is 0 Å². The predicted octanol–water partition coefficient (Wildman–Crippen LogP) is 2.44. The van der Waals surface area contributed by atoms with E-state index >= 15 is 0 Å². The number of hydrogen-bond acceptors (Lipinski definition) is 3. The van der Waals surface area contributed by atoms with Gasteiger partial charge in [0.2, 0.25) is 0 Å². The van der Waals surface area contributed by atoms with Crippen LogP contribution in [0.5, 0.6) is 0 Å². The van der Waals surface area contributed by atoms with Gasteiger partial charge in [-0.25, -0.2) is 8.78 Å². The molecule has 0 radical (unpaired) electrons. The highest BCUT2D eigenvalue weighted by Gasteiger charge is 2.38. The number of carbonyl (C=O) groups is 3. The van der Waals surface area contributed by atoms with E-state index < -0.39 is 17.6 Å². The van der Waals surface area contributed by atoms with Crippen LogP contribution in [0.3, 0.4) is 0 Å². The third-order valence-electron chi connectivity index (χ3n) is 5.90. The highest BCUT2D eigenvalue weighted by Crippen LogP contribution is 2.22. The van der Waals surface area contributed by atoms with Gasteiger partial charge in [0.15, 0.2) is 0 Å². The third kappa shape index (κ3) is 4.42. The summed E-state index contributed by atoms with van der Waals surface area (Å²) in [5, 5.41) is 0. The lowest BCUT2D eigenvalue weighted by Gasteiger charge is -2.42. The molecular weight excluding hydrogens is 404 g/mol. The number of benzene rings is 2. The van der Waals surface area contributed by atoms with Crippen LogP contribution in [0.1, 0.15) is 28.8 Å².